The molecule has 2 aliphatic carbocycles. The first-order valence-electron chi connectivity index (χ1n) is 13.6. The average Bonchev–Trinajstić information content (AvgIpc) is 3.81. The van der Waals surface area contributed by atoms with Gasteiger partial charge in [0.2, 0.25) is 5.43 Å². The van der Waals surface area contributed by atoms with Crippen molar-refractivity contribution in [2.45, 2.75) is 24.9 Å². The minimum absolute atomic E-state index is 0.0265. The van der Waals surface area contributed by atoms with E-state index in [1.165, 1.54) is 18.3 Å². The van der Waals surface area contributed by atoms with E-state index < -0.39 is 23.1 Å². The third-order valence-electron chi connectivity index (χ3n) is 8.71. The molecule has 1 aliphatic heterocycles. The fraction of sp³-hybridized carbons (Fsp3) is 0.323. The molecule has 7 rings (SSSR count). The van der Waals surface area contributed by atoms with Crippen molar-refractivity contribution in [1.82, 2.24) is 9.72 Å². The van der Waals surface area contributed by atoms with Crippen LogP contribution in [0, 0.1) is 17.8 Å². The fourth-order valence-electron chi connectivity index (χ4n) is 6.34. The van der Waals surface area contributed by atoms with E-state index in [-0.39, 0.29) is 22.7 Å². The van der Waals surface area contributed by atoms with Crippen LogP contribution in [0.3, 0.4) is 0 Å². The number of benzene rings is 2. The molecule has 2 aromatic heterocycles. The molecule has 0 spiro atoms. The number of allylic oxidation sites excluding steroid dienone is 1. The number of hydrogen-bond donors (Lipinski definition) is 1. The molecule has 1 saturated heterocycles. The van der Waals surface area contributed by atoms with E-state index in [9.17, 15) is 27.9 Å². The lowest BCUT2D eigenvalue weighted by molar-refractivity contribution is -0.137. The summed E-state index contributed by atoms with van der Waals surface area (Å²) in [6.07, 6.45) is 2.74. The molecule has 2 unspecified atom stereocenters. The molecule has 10 heteroatoms. The van der Waals surface area contributed by atoms with Crippen molar-refractivity contribution in [1.29, 1.82) is 0 Å². The van der Waals surface area contributed by atoms with Gasteiger partial charge in [0.05, 0.1) is 11.1 Å². The number of nitrogens with zero attached hydrogens (tertiary/aromatic N) is 3. The van der Waals surface area contributed by atoms with E-state index in [4.69, 9.17) is 4.52 Å². The van der Waals surface area contributed by atoms with Gasteiger partial charge in [-0.25, -0.2) is 4.79 Å². The van der Waals surface area contributed by atoms with Gasteiger partial charge in [-0.15, -0.1) is 0 Å². The van der Waals surface area contributed by atoms with Gasteiger partial charge in [-0.1, -0.05) is 35.5 Å². The van der Waals surface area contributed by atoms with E-state index in [0.29, 0.717) is 40.0 Å². The van der Waals surface area contributed by atoms with Gasteiger partial charge in [0, 0.05) is 54.5 Å². The minimum atomic E-state index is -4.50. The zero-order valence-electron chi connectivity index (χ0n) is 22.1. The van der Waals surface area contributed by atoms with Crippen molar-refractivity contribution in [2.75, 3.05) is 18.0 Å². The Hall–Kier alpha value is -4.34. The molecule has 0 radical (unpaired) electrons. The Morgan fingerprint density at radius 2 is 1.85 bits per heavy atom. The molecule has 3 fully saturated rings. The van der Waals surface area contributed by atoms with E-state index in [1.54, 1.807) is 23.7 Å². The van der Waals surface area contributed by atoms with Crippen molar-refractivity contribution in [3.63, 3.8) is 0 Å². The number of fused-ring (bicyclic) bond motifs is 2. The number of halogens is 3. The summed E-state index contributed by atoms with van der Waals surface area (Å²) in [4.78, 5) is 26.3. The normalized spacial score (nSPS) is 22.0. The highest BCUT2D eigenvalue weighted by Gasteiger charge is 2.54. The van der Waals surface area contributed by atoms with Crippen LogP contribution >= 0.6 is 0 Å². The zero-order chi connectivity index (χ0) is 28.6. The van der Waals surface area contributed by atoms with Crippen LogP contribution in [-0.2, 0) is 13.2 Å². The third kappa shape index (κ3) is 4.32. The van der Waals surface area contributed by atoms with Crippen LogP contribution in [0.5, 0.6) is 0 Å². The molecule has 0 bridgehead atoms. The Balaban J connectivity index is 1.12. The predicted octanol–water partition coefficient (Wildman–Crippen LogP) is 6.18. The lowest BCUT2D eigenvalue weighted by Crippen LogP contribution is -2.24. The summed E-state index contributed by atoms with van der Waals surface area (Å²) in [5.74, 6) is 0.738. The van der Waals surface area contributed by atoms with Crippen molar-refractivity contribution < 1.29 is 27.6 Å². The highest BCUT2D eigenvalue weighted by molar-refractivity contribution is 5.93. The molecule has 4 aromatic rings. The summed E-state index contributed by atoms with van der Waals surface area (Å²) in [7, 11) is 1.72. The highest BCUT2D eigenvalue weighted by Crippen LogP contribution is 2.54. The van der Waals surface area contributed by atoms with Gasteiger partial charge in [0.15, 0.2) is 0 Å². The van der Waals surface area contributed by atoms with Crippen LogP contribution < -0.4 is 10.3 Å². The molecule has 7 nitrogen and oxygen atoms in total. The van der Waals surface area contributed by atoms with Crippen LogP contribution in [0.15, 0.2) is 64.1 Å². The number of piperidine rings is 1. The number of alkyl halides is 3. The minimum Gasteiger partial charge on any atom is -0.477 e. The molecular formula is C31H26F3N3O4. The maximum Gasteiger partial charge on any atom is 0.417 e. The summed E-state index contributed by atoms with van der Waals surface area (Å²) >= 11 is 0. The summed E-state index contributed by atoms with van der Waals surface area (Å²) in [6, 6.07) is 10.9. The van der Waals surface area contributed by atoms with E-state index >= 15 is 0 Å². The van der Waals surface area contributed by atoms with Gasteiger partial charge < -0.3 is 19.1 Å². The molecule has 2 saturated carbocycles. The van der Waals surface area contributed by atoms with Crippen LogP contribution in [0.4, 0.5) is 18.9 Å². The Morgan fingerprint density at radius 1 is 1.12 bits per heavy atom. The quantitative estimate of drug-likeness (QED) is 0.302. The second kappa shape index (κ2) is 9.09. The van der Waals surface area contributed by atoms with Crippen molar-refractivity contribution in [2.24, 2.45) is 24.8 Å². The first-order chi connectivity index (χ1) is 19.6. The molecule has 2 atom stereocenters. The second-order valence-corrected chi connectivity index (χ2v) is 11.3. The number of carboxylic acid groups (broad SMARTS) is 1. The SMILES string of the molecule is Cn1cc(C(=O)O)c(=O)c2ccc(N3CC4C(/C=C/c5c(-c6ccccc6C(F)(F)F)noc5C5CC5)C4C3)cc21. The molecule has 0 amide bonds. The van der Waals surface area contributed by atoms with Gasteiger partial charge in [0.25, 0.3) is 0 Å². The van der Waals surface area contributed by atoms with Gasteiger partial charge in [-0.3, -0.25) is 4.79 Å². The van der Waals surface area contributed by atoms with Crippen molar-refractivity contribution in [3.05, 3.63) is 87.4 Å². The molecule has 2 aromatic carbocycles. The number of aromatic carboxylic acids is 1. The van der Waals surface area contributed by atoms with Crippen LogP contribution in [0.2, 0.25) is 0 Å². The number of rotatable bonds is 6. The standard InChI is InChI=1S/C31H26F3N3O4/c1-36-13-24(30(39)40)28(38)20-9-8-17(12-26(20)36)37-14-22-18(23(22)15-37)10-11-21-27(35-41-29(21)16-6-7-16)19-4-2-3-5-25(19)31(32,33)34/h2-5,8-13,16,18,22-23H,6-7,14-15H2,1H3,(H,39,40)/b11-10+. The van der Waals surface area contributed by atoms with E-state index in [1.807, 2.05) is 18.2 Å². The smallest absolute Gasteiger partial charge is 0.417 e. The number of pyridine rings is 1. The third-order valence-corrected chi connectivity index (χ3v) is 8.71. The molecular weight excluding hydrogens is 535 g/mol. The Morgan fingerprint density at radius 3 is 2.54 bits per heavy atom. The van der Waals surface area contributed by atoms with E-state index in [2.05, 4.69) is 16.1 Å². The van der Waals surface area contributed by atoms with Gasteiger partial charge in [-0.2, -0.15) is 13.2 Å². The average molecular weight is 562 g/mol. The lowest BCUT2D eigenvalue weighted by atomic mass is 9.98. The number of aromatic nitrogens is 2. The summed E-state index contributed by atoms with van der Waals surface area (Å²) in [6.45, 7) is 1.63. The fourth-order valence-corrected chi connectivity index (χ4v) is 6.34. The number of anilines is 1. The molecule has 1 N–H and O–H groups in total. The molecule has 3 heterocycles. The summed E-state index contributed by atoms with van der Waals surface area (Å²) in [5, 5.41) is 13.8. The first-order valence-corrected chi connectivity index (χ1v) is 13.6. The monoisotopic (exact) mass is 561 g/mol. The van der Waals surface area contributed by atoms with E-state index in [0.717, 1.165) is 37.7 Å². The molecule has 41 heavy (non-hydrogen) atoms. The number of carbonyl (C=O) groups is 1. The van der Waals surface area contributed by atoms with Crippen LogP contribution in [-0.4, -0.2) is 33.9 Å². The van der Waals surface area contributed by atoms with Crippen LogP contribution in [0.25, 0.3) is 28.2 Å². The number of hydrogen-bond acceptors (Lipinski definition) is 5. The van der Waals surface area contributed by atoms with Crippen molar-refractivity contribution in [3.8, 4) is 11.3 Å². The largest absolute Gasteiger partial charge is 0.477 e. The lowest BCUT2D eigenvalue weighted by Gasteiger charge is -2.22. The van der Waals surface area contributed by atoms with Gasteiger partial charge >= 0.3 is 12.1 Å². The Kier molecular flexibility index (Phi) is 5.68. The van der Waals surface area contributed by atoms with Crippen molar-refractivity contribution >= 4 is 28.6 Å². The van der Waals surface area contributed by atoms with Crippen LogP contribution in [0.1, 0.15) is 46.0 Å². The Labute approximate surface area is 232 Å². The summed E-state index contributed by atoms with van der Waals surface area (Å²) < 4.78 is 48.5. The topological polar surface area (TPSA) is 88.6 Å². The Bertz CT molecular complexity index is 1790. The zero-order valence-corrected chi connectivity index (χ0v) is 22.1. The van der Waals surface area contributed by atoms with Gasteiger partial charge in [-0.05, 0) is 54.9 Å². The molecule has 3 aliphatic rings. The predicted molar refractivity (Wildman–Crippen MR) is 147 cm³/mol. The number of carboxylic acids is 1. The second-order valence-electron chi connectivity index (χ2n) is 11.3. The highest BCUT2D eigenvalue weighted by atomic mass is 19.4. The van der Waals surface area contributed by atoms with Gasteiger partial charge in [0.1, 0.15) is 17.0 Å². The summed E-state index contributed by atoms with van der Waals surface area (Å²) in [5.41, 5.74) is 1.05. The molecule has 210 valence electrons. The maximum absolute atomic E-state index is 13.8. The first kappa shape index (κ1) is 25.6. The number of aryl methyl sites for hydroxylation is 1. The maximum atomic E-state index is 13.8.